The molecule has 1 aromatic carbocycles. The predicted octanol–water partition coefficient (Wildman–Crippen LogP) is 1.51. The van der Waals surface area contributed by atoms with Gasteiger partial charge in [0, 0.05) is 25.3 Å². The summed E-state index contributed by atoms with van der Waals surface area (Å²) >= 11 is 0. The Morgan fingerprint density at radius 2 is 2.03 bits per heavy atom. The summed E-state index contributed by atoms with van der Waals surface area (Å²) in [5, 5.41) is 9.24. The van der Waals surface area contributed by atoms with E-state index in [1.165, 1.54) is 33.8 Å². The first-order chi connectivity index (χ1) is 14.5. The van der Waals surface area contributed by atoms with Crippen LogP contribution in [0, 0.1) is 5.82 Å². The first-order valence-corrected chi connectivity index (χ1v) is 9.43. The molecule has 3 aromatic heterocycles. The number of ether oxygens (including phenoxy) is 1. The molecule has 1 aliphatic rings. The van der Waals surface area contributed by atoms with Crippen LogP contribution in [0.4, 0.5) is 4.39 Å². The van der Waals surface area contributed by atoms with Gasteiger partial charge in [0.25, 0.3) is 0 Å². The molecule has 1 aliphatic heterocycles. The minimum atomic E-state index is -1.14. The number of hydrogen-bond acceptors (Lipinski definition) is 6. The molecular weight excluding hydrogens is 395 g/mol. The van der Waals surface area contributed by atoms with Crippen LogP contribution >= 0.6 is 0 Å². The average Bonchev–Trinajstić information content (AvgIpc) is 3.26. The van der Waals surface area contributed by atoms with Crippen LogP contribution in [0.15, 0.2) is 35.5 Å². The second kappa shape index (κ2) is 7.02. The fourth-order valence-corrected chi connectivity index (χ4v) is 3.87. The molecule has 0 bridgehead atoms. The maximum atomic E-state index is 13.7. The maximum absolute atomic E-state index is 13.7. The molecule has 1 N–H and O–H groups in total. The van der Waals surface area contributed by atoms with Crippen molar-refractivity contribution in [3.8, 4) is 5.95 Å². The van der Waals surface area contributed by atoms with Crippen LogP contribution < -0.4 is 5.69 Å². The van der Waals surface area contributed by atoms with Gasteiger partial charge >= 0.3 is 11.7 Å². The molecule has 154 valence electrons. The van der Waals surface area contributed by atoms with Gasteiger partial charge in [0.2, 0.25) is 5.95 Å². The third-order valence-electron chi connectivity index (χ3n) is 5.27. The fraction of sp³-hybridized carbons (Fsp3) is 0.316. The van der Waals surface area contributed by atoms with Crippen molar-refractivity contribution in [2.75, 3.05) is 13.2 Å². The number of aromatic nitrogens is 6. The highest BCUT2D eigenvalue weighted by Crippen LogP contribution is 2.25. The van der Waals surface area contributed by atoms with E-state index in [2.05, 4.69) is 15.0 Å². The van der Waals surface area contributed by atoms with Crippen LogP contribution in [0.2, 0.25) is 0 Å². The highest BCUT2D eigenvalue weighted by atomic mass is 19.1. The standard InChI is InChI=1S/C19H17FN6O4/c20-11-1-2-13-14(7-11)25(10-22-13)18-21-8-15-17(23-18)26(12-3-5-30-6-4-12)19(29)24(15)9-16(27)28/h1-2,7-8,10,12H,3-6,9H2,(H,27,28). The Labute approximate surface area is 168 Å². The van der Waals surface area contributed by atoms with E-state index in [0.717, 1.165) is 4.57 Å². The van der Waals surface area contributed by atoms with E-state index in [1.54, 1.807) is 6.07 Å². The van der Waals surface area contributed by atoms with Crippen molar-refractivity contribution >= 4 is 28.2 Å². The van der Waals surface area contributed by atoms with Crippen LogP contribution in [0.25, 0.3) is 28.1 Å². The summed E-state index contributed by atoms with van der Waals surface area (Å²) in [5.41, 5.74) is 1.27. The van der Waals surface area contributed by atoms with Gasteiger partial charge in [0.15, 0.2) is 5.65 Å². The highest BCUT2D eigenvalue weighted by molar-refractivity contribution is 5.78. The summed E-state index contributed by atoms with van der Waals surface area (Å²) in [6.45, 7) is 0.519. The maximum Gasteiger partial charge on any atom is 0.331 e. The molecule has 0 spiro atoms. The molecule has 1 fully saturated rings. The lowest BCUT2D eigenvalue weighted by molar-refractivity contribution is -0.137. The Morgan fingerprint density at radius 3 is 2.80 bits per heavy atom. The van der Waals surface area contributed by atoms with Crippen molar-refractivity contribution in [2.45, 2.75) is 25.4 Å². The molecule has 0 atom stereocenters. The molecule has 1 saturated heterocycles. The zero-order valence-corrected chi connectivity index (χ0v) is 15.7. The average molecular weight is 412 g/mol. The van der Waals surface area contributed by atoms with Gasteiger partial charge in [-0.25, -0.2) is 19.2 Å². The number of carboxylic acids is 1. The van der Waals surface area contributed by atoms with Gasteiger partial charge in [0.1, 0.15) is 24.2 Å². The van der Waals surface area contributed by atoms with E-state index >= 15 is 0 Å². The minimum Gasteiger partial charge on any atom is -0.480 e. The number of imidazole rings is 2. The van der Waals surface area contributed by atoms with Crippen molar-refractivity contribution in [1.29, 1.82) is 0 Å². The first kappa shape index (κ1) is 18.4. The van der Waals surface area contributed by atoms with Crippen molar-refractivity contribution in [3.63, 3.8) is 0 Å². The van der Waals surface area contributed by atoms with Gasteiger partial charge in [-0.2, -0.15) is 4.98 Å². The summed E-state index contributed by atoms with van der Waals surface area (Å²) in [7, 11) is 0. The predicted molar refractivity (Wildman–Crippen MR) is 103 cm³/mol. The van der Waals surface area contributed by atoms with Crippen molar-refractivity contribution in [3.05, 3.63) is 47.0 Å². The lowest BCUT2D eigenvalue weighted by Gasteiger charge is -2.22. The summed E-state index contributed by atoms with van der Waals surface area (Å²) in [4.78, 5) is 37.5. The van der Waals surface area contributed by atoms with Gasteiger partial charge in [0.05, 0.1) is 17.2 Å². The molecule has 0 amide bonds. The number of carboxylic acid groups (broad SMARTS) is 1. The van der Waals surface area contributed by atoms with Crippen LogP contribution in [0.1, 0.15) is 18.9 Å². The number of fused-ring (bicyclic) bond motifs is 2. The van der Waals surface area contributed by atoms with Crippen molar-refractivity contribution in [2.24, 2.45) is 0 Å². The quantitative estimate of drug-likeness (QED) is 0.540. The summed E-state index contributed by atoms with van der Waals surface area (Å²) < 4.78 is 23.3. The van der Waals surface area contributed by atoms with Crippen LogP contribution in [-0.4, -0.2) is 52.9 Å². The van der Waals surface area contributed by atoms with Crippen molar-refractivity contribution in [1.82, 2.24) is 28.7 Å². The summed E-state index contributed by atoms with van der Waals surface area (Å²) in [6.07, 6.45) is 4.13. The van der Waals surface area contributed by atoms with Gasteiger partial charge in [-0.3, -0.25) is 18.5 Å². The van der Waals surface area contributed by atoms with E-state index in [9.17, 15) is 19.1 Å². The van der Waals surface area contributed by atoms with Crippen LogP contribution in [0.5, 0.6) is 0 Å². The molecule has 11 heteroatoms. The number of nitrogens with zero attached hydrogens (tertiary/aromatic N) is 6. The molecule has 10 nitrogen and oxygen atoms in total. The molecule has 4 heterocycles. The monoisotopic (exact) mass is 412 g/mol. The third-order valence-corrected chi connectivity index (χ3v) is 5.27. The Bertz CT molecular complexity index is 1330. The number of carbonyl (C=O) groups is 1. The Kier molecular flexibility index (Phi) is 4.31. The number of rotatable bonds is 4. The minimum absolute atomic E-state index is 0.163. The lowest BCUT2D eigenvalue weighted by atomic mass is 10.1. The highest BCUT2D eigenvalue weighted by Gasteiger charge is 2.25. The Balaban J connectivity index is 1.73. The lowest BCUT2D eigenvalue weighted by Crippen LogP contribution is -2.32. The van der Waals surface area contributed by atoms with E-state index < -0.39 is 24.0 Å². The second-order valence-corrected chi connectivity index (χ2v) is 7.10. The Morgan fingerprint density at radius 1 is 1.23 bits per heavy atom. The number of aliphatic carboxylic acids is 1. The largest absolute Gasteiger partial charge is 0.480 e. The number of halogens is 1. The molecule has 0 radical (unpaired) electrons. The summed E-state index contributed by atoms with van der Waals surface area (Å²) in [6, 6.07) is 4.04. The zero-order chi connectivity index (χ0) is 20.8. The van der Waals surface area contributed by atoms with Crippen LogP contribution in [-0.2, 0) is 16.1 Å². The number of benzene rings is 1. The molecule has 4 aromatic rings. The molecule has 0 saturated carbocycles. The Hall–Kier alpha value is -3.60. The smallest absolute Gasteiger partial charge is 0.331 e. The number of hydrogen-bond donors (Lipinski definition) is 1. The molecule has 30 heavy (non-hydrogen) atoms. The topological polar surface area (TPSA) is 117 Å². The van der Waals surface area contributed by atoms with Crippen molar-refractivity contribution < 1.29 is 19.0 Å². The normalized spacial score (nSPS) is 15.2. The molecule has 0 unspecified atom stereocenters. The van der Waals surface area contributed by atoms with Gasteiger partial charge in [-0.15, -0.1) is 0 Å². The van der Waals surface area contributed by atoms with Gasteiger partial charge in [-0.1, -0.05) is 0 Å². The third kappa shape index (κ3) is 2.94. The molecule has 0 aliphatic carbocycles. The van der Waals surface area contributed by atoms with Crippen LogP contribution in [0.3, 0.4) is 0 Å². The molecular formula is C19H17FN6O4. The van der Waals surface area contributed by atoms with E-state index in [-0.39, 0.29) is 12.0 Å². The second-order valence-electron chi connectivity index (χ2n) is 7.10. The SMILES string of the molecule is O=C(O)Cn1c(=O)n(C2CCOCC2)c2nc(-n3cnc4ccc(F)cc43)ncc21. The van der Waals surface area contributed by atoms with Gasteiger partial charge < -0.3 is 9.84 Å². The van der Waals surface area contributed by atoms with E-state index in [0.29, 0.717) is 48.3 Å². The van der Waals surface area contributed by atoms with E-state index in [4.69, 9.17) is 4.74 Å². The summed E-state index contributed by atoms with van der Waals surface area (Å²) in [5.74, 6) is -1.34. The first-order valence-electron chi connectivity index (χ1n) is 9.43. The van der Waals surface area contributed by atoms with Gasteiger partial charge in [-0.05, 0) is 25.0 Å². The molecule has 5 rings (SSSR count). The van der Waals surface area contributed by atoms with E-state index in [1.807, 2.05) is 0 Å². The fourth-order valence-electron chi connectivity index (χ4n) is 3.87. The zero-order valence-electron chi connectivity index (χ0n) is 15.7.